The number of anilines is 1. The Balaban J connectivity index is 2.29. The molecule has 0 fully saturated rings. The Morgan fingerprint density at radius 2 is 2.14 bits per heavy atom. The van der Waals surface area contributed by atoms with Gasteiger partial charge in [0.25, 0.3) is 0 Å². The van der Waals surface area contributed by atoms with Crippen molar-refractivity contribution >= 4 is 66.5 Å². The standard InChI is InChI=1S/C14H12Br2ClNO2S/c1-2-20-14(19)12(13-9(15)5-6-21-13)18-8-3-4-11(17)10(16)7-8/h3-7,12,18H,2H2,1H3. The number of halogens is 3. The molecule has 2 aromatic rings. The fourth-order valence-electron chi connectivity index (χ4n) is 1.72. The Morgan fingerprint density at radius 3 is 2.71 bits per heavy atom. The van der Waals surface area contributed by atoms with Gasteiger partial charge in [0.05, 0.1) is 16.5 Å². The smallest absolute Gasteiger partial charge is 0.334 e. The van der Waals surface area contributed by atoms with Crippen LogP contribution in [0.1, 0.15) is 17.8 Å². The van der Waals surface area contributed by atoms with Gasteiger partial charge < -0.3 is 10.1 Å². The number of carbonyl (C=O) groups is 1. The summed E-state index contributed by atoms with van der Waals surface area (Å²) in [5.74, 6) is -0.313. The first-order valence-electron chi connectivity index (χ1n) is 6.14. The fraction of sp³-hybridized carbons (Fsp3) is 0.214. The molecule has 0 saturated carbocycles. The molecule has 0 bridgehead atoms. The van der Waals surface area contributed by atoms with Crippen LogP contribution in [0.4, 0.5) is 5.69 Å². The van der Waals surface area contributed by atoms with E-state index >= 15 is 0 Å². The van der Waals surface area contributed by atoms with Crippen molar-refractivity contribution in [2.75, 3.05) is 11.9 Å². The van der Waals surface area contributed by atoms with E-state index in [0.717, 1.165) is 19.5 Å². The summed E-state index contributed by atoms with van der Waals surface area (Å²) in [7, 11) is 0. The minimum absolute atomic E-state index is 0.313. The van der Waals surface area contributed by atoms with Crippen molar-refractivity contribution in [3.8, 4) is 0 Å². The van der Waals surface area contributed by atoms with Gasteiger partial charge in [-0.05, 0) is 68.4 Å². The molecule has 0 radical (unpaired) electrons. The van der Waals surface area contributed by atoms with E-state index in [1.54, 1.807) is 13.0 Å². The monoisotopic (exact) mass is 451 g/mol. The van der Waals surface area contributed by atoms with Gasteiger partial charge in [-0.3, -0.25) is 0 Å². The van der Waals surface area contributed by atoms with Gasteiger partial charge in [0.15, 0.2) is 6.04 Å². The van der Waals surface area contributed by atoms with E-state index in [-0.39, 0.29) is 5.97 Å². The topological polar surface area (TPSA) is 38.3 Å². The van der Waals surface area contributed by atoms with Crippen LogP contribution in [-0.4, -0.2) is 12.6 Å². The maximum atomic E-state index is 12.2. The number of benzene rings is 1. The molecule has 0 spiro atoms. The zero-order valence-electron chi connectivity index (χ0n) is 11.0. The number of carbonyl (C=O) groups excluding carboxylic acids is 1. The minimum Gasteiger partial charge on any atom is -0.464 e. The van der Waals surface area contributed by atoms with E-state index in [1.807, 2.05) is 23.6 Å². The number of hydrogen-bond donors (Lipinski definition) is 1. The molecule has 1 aromatic heterocycles. The lowest BCUT2D eigenvalue weighted by molar-refractivity contribution is -0.144. The van der Waals surface area contributed by atoms with Crippen LogP contribution >= 0.6 is 54.8 Å². The van der Waals surface area contributed by atoms with Crippen molar-refractivity contribution in [2.45, 2.75) is 13.0 Å². The number of nitrogens with one attached hydrogen (secondary N) is 1. The molecule has 0 aliphatic heterocycles. The summed E-state index contributed by atoms with van der Waals surface area (Å²) in [5, 5.41) is 5.73. The molecule has 1 N–H and O–H groups in total. The minimum atomic E-state index is -0.563. The highest BCUT2D eigenvalue weighted by Crippen LogP contribution is 2.33. The number of rotatable bonds is 5. The zero-order chi connectivity index (χ0) is 15.4. The molecule has 1 heterocycles. The highest BCUT2D eigenvalue weighted by Gasteiger charge is 2.25. The maximum absolute atomic E-state index is 12.2. The van der Waals surface area contributed by atoms with Crippen molar-refractivity contribution in [3.63, 3.8) is 0 Å². The van der Waals surface area contributed by atoms with Crippen LogP contribution in [0.3, 0.4) is 0 Å². The third kappa shape index (κ3) is 4.22. The van der Waals surface area contributed by atoms with E-state index in [9.17, 15) is 4.79 Å². The lowest BCUT2D eigenvalue weighted by Crippen LogP contribution is -2.22. The largest absolute Gasteiger partial charge is 0.464 e. The van der Waals surface area contributed by atoms with Crippen LogP contribution in [0, 0.1) is 0 Å². The molecule has 3 nitrogen and oxygen atoms in total. The average molecular weight is 454 g/mol. The second-order valence-electron chi connectivity index (χ2n) is 4.09. The van der Waals surface area contributed by atoms with Crippen molar-refractivity contribution < 1.29 is 9.53 Å². The molecule has 112 valence electrons. The zero-order valence-corrected chi connectivity index (χ0v) is 15.8. The molecule has 7 heteroatoms. The third-order valence-corrected chi connectivity index (χ3v) is 5.81. The molecule has 1 unspecified atom stereocenters. The molecular weight excluding hydrogens is 441 g/mol. The SMILES string of the molecule is CCOC(=O)C(Nc1ccc(Cl)c(Br)c1)c1sccc1Br. The Morgan fingerprint density at radius 1 is 1.38 bits per heavy atom. The second-order valence-corrected chi connectivity index (χ2v) is 7.15. The lowest BCUT2D eigenvalue weighted by atomic mass is 10.2. The normalized spacial score (nSPS) is 12.0. The van der Waals surface area contributed by atoms with Crippen LogP contribution in [0.5, 0.6) is 0 Å². The van der Waals surface area contributed by atoms with E-state index in [2.05, 4.69) is 37.2 Å². The molecule has 1 atom stereocenters. The van der Waals surface area contributed by atoms with E-state index < -0.39 is 6.04 Å². The highest BCUT2D eigenvalue weighted by atomic mass is 79.9. The van der Waals surface area contributed by atoms with E-state index in [4.69, 9.17) is 16.3 Å². The summed E-state index contributed by atoms with van der Waals surface area (Å²) in [6.07, 6.45) is 0. The van der Waals surface area contributed by atoms with Gasteiger partial charge in [0, 0.05) is 14.6 Å². The maximum Gasteiger partial charge on any atom is 0.334 e. The summed E-state index contributed by atoms with van der Waals surface area (Å²) in [5.41, 5.74) is 0.782. The predicted molar refractivity (Wildman–Crippen MR) is 94.2 cm³/mol. The quantitative estimate of drug-likeness (QED) is 0.595. The summed E-state index contributed by atoms with van der Waals surface area (Å²) >= 11 is 14.3. The van der Waals surface area contributed by atoms with Crippen LogP contribution in [0.25, 0.3) is 0 Å². The summed E-state index contributed by atoms with van der Waals surface area (Å²) < 4.78 is 6.80. The first kappa shape index (κ1) is 16.8. The van der Waals surface area contributed by atoms with Crippen LogP contribution in [0.15, 0.2) is 38.6 Å². The van der Waals surface area contributed by atoms with Crippen LogP contribution < -0.4 is 5.32 Å². The molecule has 21 heavy (non-hydrogen) atoms. The number of ether oxygens (including phenoxy) is 1. The molecule has 0 aliphatic rings. The third-order valence-electron chi connectivity index (χ3n) is 2.66. The van der Waals surface area contributed by atoms with Gasteiger partial charge in [-0.25, -0.2) is 4.79 Å². The molecule has 0 aliphatic carbocycles. The number of esters is 1. The van der Waals surface area contributed by atoms with Crippen LogP contribution in [0.2, 0.25) is 5.02 Å². The van der Waals surface area contributed by atoms with Gasteiger partial charge >= 0.3 is 5.97 Å². The Kier molecular flexibility index (Phi) is 6.10. The molecule has 0 amide bonds. The summed E-state index contributed by atoms with van der Waals surface area (Å²) in [4.78, 5) is 13.1. The Bertz CT molecular complexity index is 648. The van der Waals surface area contributed by atoms with E-state index in [1.165, 1.54) is 11.3 Å². The van der Waals surface area contributed by atoms with Gasteiger partial charge in [-0.15, -0.1) is 11.3 Å². The highest BCUT2D eigenvalue weighted by molar-refractivity contribution is 9.10. The predicted octanol–water partition coefficient (Wildman–Crippen LogP) is 5.64. The van der Waals surface area contributed by atoms with Gasteiger partial charge in [0.1, 0.15) is 0 Å². The van der Waals surface area contributed by atoms with Crippen molar-refractivity contribution in [1.29, 1.82) is 0 Å². The Labute approximate surface area is 148 Å². The Hall–Kier alpha value is -0.560. The van der Waals surface area contributed by atoms with Gasteiger partial charge in [-0.2, -0.15) is 0 Å². The van der Waals surface area contributed by atoms with Gasteiger partial charge in [0.2, 0.25) is 0 Å². The number of hydrogen-bond acceptors (Lipinski definition) is 4. The lowest BCUT2D eigenvalue weighted by Gasteiger charge is -2.18. The fourth-order valence-corrected chi connectivity index (χ4v) is 3.86. The average Bonchev–Trinajstić information content (AvgIpc) is 2.86. The second kappa shape index (κ2) is 7.63. The van der Waals surface area contributed by atoms with Crippen LogP contribution in [-0.2, 0) is 9.53 Å². The summed E-state index contributed by atoms with van der Waals surface area (Å²) in [6, 6.07) is 6.76. The molecular formula is C14H12Br2ClNO2S. The van der Waals surface area contributed by atoms with E-state index in [0.29, 0.717) is 11.6 Å². The molecule has 0 saturated heterocycles. The molecule has 2 rings (SSSR count). The first-order chi connectivity index (χ1) is 10.0. The van der Waals surface area contributed by atoms with Crippen molar-refractivity contribution in [2.24, 2.45) is 0 Å². The first-order valence-corrected chi connectivity index (χ1v) is 8.98. The van der Waals surface area contributed by atoms with Gasteiger partial charge in [-0.1, -0.05) is 11.6 Å². The summed E-state index contributed by atoms with van der Waals surface area (Å²) in [6.45, 7) is 2.13. The van der Waals surface area contributed by atoms with Crippen molar-refractivity contribution in [1.82, 2.24) is 0 Å². The number of thiophene rings is 1. The van der Waals surface area contributed by atoms with Crippen molar-refractivity contribution in [3.05, 3.63) is 48.5 Å². The molecule has 1 aromatic carbocycles.